The van der Waals surface area contributed by atoms with Crippen molar-refractivity contribution in [3.8, 4) is 0 Å². The minimum atomic E-state index is -0.700. The first-order valence-electron chi connectivity index (χ1n) is 5.21. The van der Waals surface area contributed by atoms with Crippen LogP contribution in [0, 0.1) is 10.1 Å². The number of nitro groups is 1. The van der Waals surface area contributed by atoms with E-state index in [1.165, 1.54) is 0 Å². The van der Waals surface area contributed by atoms with Crippen molar-refractivity contribution in [3.05, 3.63) is 10.1 Å². The lowest BCUT2D eigenvalue weighted by Gasteiger charge is -2.37. The fourth-order valence-corrected chi connectivity index (χ4v) is 5.33. The summed E-state index contributed by atoms with van der Waals surface area (Å²) in [5, 5.41) is 13.3. The van der Waals surface area contributed by atoms with Gasteiger partial charge in [0.2, 0.25) is 0 Å². The predicted octanol–water partition coefficient (Wildman–Crippen LogP) is 1.30. The first-order valence-corrected chi connectivity index (χ1v) is 7.80. The highest BCUT2D eigenvalue weighted by molar-refractivity contribution is 9.14. The van der Waals surface area contributed by atoms with E-state index in [4.69, 9.17) is 4.74 Å². The van der Waals surface area contributed by atoms with E-state index in [2.05, 4.69) is 42.0 Å². The lowest BCUT2D eigenvalue weighted by molar-refractivity contribution is -0.486. The molecule has 0 bridgehead atoms. The van der Waals surface area contributed by atoms with Crippen LogP contribution in [0.25, 0.3) is 0 Å². The second-order valence-electron chi connectivity index (χ2n) is 3.97. The Morgan fingerprint density at radius 2 is 2.53 bits per heavy atom. The van der Waals surface area contributed by atoms with Gasteiger partial charge in [-0.25, -0.2) is 10.1 Å². The van der Waals surface area contributed by atoms with Crippen molar-refractivity contribution in [3.63, 3.8) is 0 Å². The van der Waals surface area contributed by atoms with E-state index in [0.29, 0.717) is 6.54 Å². The first-order chi connectivity index (χ1) is 8.89. The van der Waals surface area contributed by atoms with Crippen LogP contribution < -0.4 is 0 Å². The number of aliphatic imine (C=N–C) groups is 1. The zero-order valence-corrected chi connectivity index (χ0v) is 13.9. The molecule has 19 heavy (non-hydrogen) atoms. The van der Waals surface area contributed by atoms with E-state index >= 15 is 0 Å². The second-order valence-corrected chi connectivity index (χ2v) is 8.79. The fourth-order valence-electron chi connectivity index (χ4n) is 1.70. The number of ether oxygens (including phenoxy) is 1. The molecule has 0 N–H and O–H groups in total. The van der Waals surface area contributed by atoms with Crippen LogP contribution >= 0.6 is 43.6 Å². The van der Waals surface area contributed by atoms with E-state index in [0.717, 1.165) is 0 Å². The summed E-state index contributed by atoms with van der Waals surface area (Å²) < 4.78 is 4.91. The number of thioether (sulfide) groups is 1. The number of guanidine groups is 1. The summed E-state index contributed by atoms with van der Waals surface area (Å²) in [7, 11) is 1.69. The lowest BCUT2D eigenvalue weighted by Crippen LogP contribution is -2.53. The van der Waals surface area contributed by atoms with Gasteiger partial charge in [-0.1, -0.05) is 43.6 Å². The highest BCUT2D eigenvalue weighted by atomic mass is 79.9. The zero-order chi connectivity index (χ0) is 14.0. The molecule has 1 saturated heterocycles. The minimum Gasteiger partial charge on any atom is -0.341 e. The summed E-state index contributed by atoms with van der Waals surface area (Å²) in [4.78, 5) is 18.1. The molecule has 0 aromatic rings. The summed E-state index contributed by atoms with van der Waals surface area (Å²) in [6.45, 7) is 0.993. The Balaban J connectivity index is 2.13. The van der Waals surface area contributed by atoms with Crippen LogP contribution in [-0.2, 0) is 4.74 Å². The summed E-state index contributed by atoms with van der Waals surface area (Å²) >= 11 is 8.52. The van der Waals surface area contributed by atoms with Gasteiger partial charge in [-0.2, -0.15) is 0 Å². The van der Waals surface area contributed by atoms with Gasteiger partial charge in [-0.3, -0.25) is 4.99 Å². The molecule has 2 heterocycles. The Morgan fingerprint density at radius 1 is 1.79 bits per heavy atom. The van der Waals surface area contributed by atoms with E-state index in [1.807, 2.05) is 0 Å². The van der Waals surface area contributed by atoms with Gasteiger partial charge in [-0.15, -0.1) is 0 Å². The van der Waals surface area contributed by atoms with Crippen LogP contribution in [0.3, 0.4) is 0 Å². The number of rotatable bonds is 3. The summed E-state index contributed by atoms with van der Waals surface area (Å²) in [6, 6.07) is 0. The molecule has 0 spiro atoms. The Hall–Kier alpha value is -0.390. The van der Waals surface area contributed by atoms with Crippen molar-refractivity contribution in [1.29, 1.82) is 0 Å². The molecule has 106 valence electrons. The molecule has 11 heteroatoms. The van der Waals surface area contributed by atoms with Crippen molar-refractivity contribution in [1.82, 2.24) is 9.80 Å². The zero-order valence-electron chi connectivity index (χ0n) is 9.90. The quantitative estimate of drug-likeness (QED) is 0.298. The third-order valence-electron chi connectivity index (χ3n) is 2.41. The molecule has 2 aliphatic rings. The monoisotopic (exact) mass is 415 g/mol. The molecular formula is C8H11Br2N5O3S. The molecule has 2 aliphatic heterocycles. The van der Waals surface area contributed by atoms with Crippen LogP contribution in [0.4, 0.5) is 0 Å². The normalized spacial score (nSPS) is 33.2. The SMILES string of the molecule is CN1COCN(CC2(Br)C=NC(Br)S2)C1=N[N+](=O)[O-]. The summed E-state index contributed by atoms with van der Waals surface area (Å²) in [5.41, 5.74) is 0. The molecule has 2 atom stereocenters. The molecule has 0 saturated carbocycles. The first kappa shape index (κ1) is 15.0. The highest BCUT2D eigenvalue weighted by Gasteiger charge is 2.38. The fraction of sp³-hybridized carbons (Fsp3) is 0.750. The number of alkyl halides is 2. The maximum atomic E-state index is 10.6. The maximum absolute atomic E-state index is 10.6. The van der Waals surface area contributed by atoms with Gasteiger partial charge in [0.05, 0.1) is 6.54 Å². The Labute approximate surface area is 130 Å². The third-order valence-corrected chi connectivity index (χ3v) is 5.17. The van der Waals surface area contributed by atoms with E-state index in [-0.39, 0.29) is 23.7 Å². The van der Waals surface area contributed by atoms with Crippen LogP contribution in [0.2, 0.25) is 0 Å². The molecule has 2 unspecified atom stereocenters. The Morgan fingerprint density at radius 3 is 3.11 bits per heavy atom. The van der Waals surface area contributed by atoms with Gasteiger partial charge in [0.1, 0.15) is 22.2 Å². The largest absolute Gasteiger partial charge is 0.341 e. The van der Waals surface area contributed by atoms with Crippen LogP contribution in [0.15, 0.2) is 10.1 Å². The number of halogens is 2. The van der Waals surface area contributed by atoms with Gasteiger partial charge < -0.3 is 14.5 Å². The van der Waals surface area contributed by atoms with Gasteiger partial charge >= 0.3 is 0 Å². The molecule has 0 aromatic heterocycles. The molecule has 1 fully saturated rings. The van der Waals surface area contributed by atoms with Gasteiger partial charge in [0.25, 0.3) is 5.96 Å². The summed E-state index contributed by atoms with van der Waals surface area (Å²) in [6.07, 6.45) is 1.77. The summed E-state index contributed by atoms with van der Waals surface area (Å²) in [5.74, 6) is 0.280. The average molecular weight is 417 g/mol. The highest BCUT2D eigenvalue weighted by Crippen LogP contribution is 2.42. The molecule has 2 rings (SSSR count). The number of hydrogen-bond acceptors (Lipinski definition) is 5. The van der Waals surface area contributed by atoms with Gasteiger partial charge in [0, 0.05) is 13.3 Å². The van der Waals surface area contributed by atoms with Crippen molar-refractivity contribution in [2.45, 2.75) is 7.94 Å². The smallest absolute Gasteiger partial charge is 0.277 e. The van der Waals surface area contributed by atoms with E-state index in [9.17, 15) is 10.1 Å². The number of hydrazone groups is 1. The van der Waals surface area contributed by atoms with Crippen molar-refractivity contribution < 1.29 is 9.77 Å². The van der Waals surface area contributed by atoms with Crippen LogP contribution in [-0.4, -0.2) is 62.0 Å². The van der Waals surface area contributed by atoms with Crippen LogP contribution in [0.5, 0.6) is 0 Å². The second kappa shape index (κ2) is 5.94. The molecule has 0 amide bonds. The average Bonchev–Trinajstić information content (AvgIpc) is 2.63. The number of nitrogens with zero attached hydrogens (tertiary/aromatic N) is 5. The Bertz CT molecular complexity index is 437. The molecular weight excluding hydrogens is 406 g/mol. The van der Waals surface area contributed by atoms with E-state index < -0.39 is 8.69 Å². The van der Waals surface area contributed by atoms with Gasteiger partial charge in [-0.05, 0) is 0 Å². The maximum Gasteiger partial charge on any atom is 0.277 e. The standard InChI is InChI=1S/C8H11Br2N5O3S/c1-13-4-18-5-14(7(13)12-15(16)17)3-8(10)2-11-6(9)19-8/h2,6H,3-5H2,1H3. The van der Waals surface area contributed by atoms with Gasteiger partial charge in [0.15, 0.2) is 9.32 Å². The number of hydrogen-bond donors (Lipinski definition) is 0. The van der Waals surface area contributed by atoms with Crippen molar-refractivity contribution in [2.75, 3.05) is 27.1 Å². The van der Waals surface area contributed by atoms with Crippen molar-refractivity contribution in [2.24, 2.45) is 10.1 Å². The minimum absolute atomic E-state index is 0.0220. The Kier molecular flexibility index (Phi) is 4.69. The molecule has 0 aliphatic carbocycles. The topological polar surface area (TPSA) is 83.6 Å². The third kappa shape index (κ3) is 3.80. The van der Waals surface area contributed by atoms with Crippen molar-refractivity contribution >= 4 is 55.8 Å². The lowest BCUT2D eigenvalue weighted by atomic mass is 10.4. The van der Waals surface area contributed by atoms with E-state index in [1.54, 1.807) is 34.8 Å². The molecule has 0 aromatic carbocycles. The molecule has 8 nitrogen and oxygen atoms in total. The molecule has 0 radical (unpaired) electrons. The van der Waals surface area contributed by atoms with Crippen LogP contribution in [0.1, 0.15) is 0 Å². The predicted molar refractivity (Wildman–Crippen MR) is 80.2 cm³/mol.